The number of nitrogens with one attached hydrogen (secondary N) is 1. The number of carboxylic acid groups (broad SMARTS) is 1. The van der Waals surface area contributed by atoms with Gasteiger partial charge in [-0.2, -0.15) is 0 Å². The van der Waals surface area contributed by atoms with Gasteiger partial charge in [-0.3, -0.25) is 0 Å². The first-order chi connectivity index (χ1) is 7.54. The van der Waals surface area contributed by atoms with Crippen molar-refractivity contribution in [2.45, 2.75) is 45.6 Å². The summed E-state index contributed by atoms with van der Waals surface area (Å²) in [5, 5.41) is 12.7. The van der Waals surface area contributed by atoms with Crippen molar-refractivity contribution in [1.82, 2.24) is 4.98 Å². The van der Waals surface area contributed by atoms with Crippen LogP contribution in [-0.4, -0.2) is 22.1 Å². The molecule has 0 amide bonds. The fourth-order valence-corrected chi connectivity index (χ4v) is 2.19. The van der Waals surface area contributed by atoms with Gasteiger partial charge in [0.05, 0.1) is 0 Å². The van der Waals surface area contributed by atoms with E-state index in [-0.39, 0.29) is 0 Å². The molecule has 90 valence electrons. The van der Waals surface area contributed by atoms with Crippen LogP contribution in [0, 0.1) is 0 Å². The molecule has 1 aromatic rings. The maximum absolute atomic E-state index is 10.9. The van der Waals surface area contributed by atoms with E-state index in [4.69, 9.17) is 5.11 Å². The van der Waals surface area contributed by atoms with Gasteiger partial charge in [0.1, 0.15) is 6.04 Å². The molecule has 0 aliphatic heterocycles. The molecule has 0 saturated heterocycles. The van der Waals surface area contributed by atoms with Crippen molar-refractivity contribution < 1.29 is 9.90 Å². The van der Waals surface area contributed by atoms with Gasteiger partial charge in [-0.1, -0.05) is 27.2 Å². The normalized spacial score (nSPS) is 12.8. The van der Waals surface area contributed by atoms with Crippen LogP contribution in [-0.2, 0) is 4.79 Å². The zero-order valence-corrected chi connectivity index (χ0v) is 10.7. The van der Waals surface area contributed by atoms with Crippen LogP contribution in [0.15, 0.2) is 6.20 Å². The number of carbonyl (C=O) groups is 1. The van der Waals surface area contributed by atoms with Crippen LogP contribution in [0.5, 0.6) is 0 Å². The minimum Gasteiger partial charge on any atom is -0.480 e. The Labute approximate surface area is 99.7 Å². The Hall–Kier alpha value is -1.10. The quantitative estimate of drug-likeness (QED) is 0.805. The number of hydrogen-bond acceptors (Lipinski definition) is 4. The second-order valence-electron chi connectivity index (χ2n) is 4.05. The van der Waals surface area contributed by atoms with Gasteiger partial charge in [-0.05, 0) is 12.3 Å². The Morgan fingerprint density at radius 2 is 2.31 bits per heavy atom. The highest BCUT2D eigenvalue weighted by Gasteiger charge is 2.17. The molecule has 2 N–H and O–H groups in total. The zero-order valence-electron chi connectivity index (χ0n) is 9.86. The van der Waals surface area contributed by atoms with Gasteiger partial charge in [-0.25, -0.2) is 9.78 Å². The number of aromatic nitrogens is 1. The lowest BCUT2D eigenvalue weighted by molar-refractivity contribution is -0.138. The average Bonchev–Trinajstić information content (AvgIpc) is 2.65. The molecule has 16 heavy (non-hydrogen) atoms. The maximum atomic E-state index is 10.9. The van der Waals surface area contributed by atoms with Gasteiger partial charge in [0.15, 0.2) is 5.13 Å². The molecule has 0 aliphatic carbocycles. The lowest BCUT2D eigenvalue weighted by Gasteiger charge is -2.11. The highest BCUT2D eigenvalue weighted by atomic mass is 32.1. The van der Waals surface area contributed by atoms with E-state index >= 15 is 0 Å². The lowest BCUT2D eigenvalue weighted by atomic mass is 10.2. The minimum atomic E-state index is -0.817. The number of aliphatic carboxylic acids is 1. The number of nitrogens with zero attached hydrogens (tertiary/aromatic N) is 1. The number of hydrogen-bond donors (Lipinski definition) is 2. The van der Waals surface area contributed by atoms with Crippen molar-refractivity contribution in [3.05, 3.63) is 11.1 Å². The molecule has 4 nitrogen and oxygen atoms in total. The first kappa shape index (κ1) is 13.0. The van der Waals surface area contributed by atoms with Gasteiger partial charge in [0.25, 0.3) is 0 Å². The van der Waals surface area contributed by atoms with Gasteiger partial charge in [-0.15, -0.1) is 11.3 Å². The summed E-state index contributed by atoms with van der Waals surface area (Å²) in [6, 6.07) is -0.531. The number of thiazole rings is 1. The Morgan fingerprint density at radius 1 is 1.62 bits per heavy atom. The molecule has 5 heteroatoms. The van der Waals surface area contributed by atoms with E-state index in [9.17, 15) is 4.79 Å². The van der Waals surface area contributed by atoms with E-state index in [1.165, 1.54) is 16.2 Å². The van der Waals surface area contributed by atoms with Crippen molar-refractivity contribution in [1.29, 1.82) is 0 Å². The molecule has 0 bridgehead atoms. The number of carboxylic acids is 1. The lowest BCUT2D eigenvalue weighted by Crippen LogP contribution is -2.28. The summed E-state index contributed by atoms with van der Waals surface area (Å²) >= 11 is 1.53. The Balaban J connectivity index is 2.66. The SMILES string of the molecule is CCCC(Nc1ncc(C(C)C)s1)C(=O)O. The Kier molecular flexibility index (Phi) is 4.73. The first-order valence-electron chi connectivity index (χ1n) is 5.49. The Bertz CT molecular complexity index is 350. The van der Waals surface area contributed by atoms with Gasteiger partial charge in [0.2, 0.25) is 0 Å². The minimum absolute atomic E-state index is 0.433. The maximum Gasteiger partial charge on any atom is 0.326 e. The van der Waals surface area contributed by atoms with Gasteiger partial charge in [0, 0.05) is 11.1 Å². The molecular weight excluding hydrogens is 224 g/mol. The fraction of sp³-hybridized carbons (Fsp3) is 0.636. The molecule has 1 rings (SSSR count). The summed E-state index contributed by atoms with van der Waals surface area (Å²) in [4.78, 5) is 16.3. The summed E-state index contributed by atoms with van der Waals surface area (Å²) in [6.07, 6.45) is 3.26. The van der Waals surface area contributed by atoms with Crippen LogP contribution in [0.25, 0.3) is 0 Å². The molecule has 1 heterocycles. The molecular formula is C11H18N2O2S. The predicted octanol–water partition coefficient (Wildman–Crippen LogP) is 2.93. The molecule has 0 saturated carbocycles. The third-order valence-corrected chi connectivity index (χ3v) is 3.49. The van der Waals surface area contributed by atoms with E-state index in [2.05, 4.69) is 24.1 Å². The fourth-order valence-electron chi connectivity index (χ4n) is 1.32. The standard InChI is InChI=1S/C11H18N2O2S/c1-4-5-8(10(14)15)13-11-12-6-9(16-11)7(2)3/h6-8H,4-5H2,1-3H3,(H,12,13)(H,14,15). The van der Waals surface area contributed by atoms with Crippen molar-refractivity contribution in [2.75, 3.05) is 5.32 Å². The van der Waals surface area contributed by atoms with Crippen molar-refractivity contribution in [3.8, 4) is 0 Å². The van der Waals surface area contributed by atoms with Gasteiger partial charge >= 0.3 is 5.97 Å². The van der Waals surface area contributed by atoms with E-state index < -0.39 is 12.0 Å². The third kappa shape index (κ3) is 3.48. The van der Waals surface area contributed by atoms with Crippen LogP contribution in [0.3, 0.4) is 0 Å². The second-order valence-corrected chi connectivity index (χ2v) is 5.11. The smallest absolute Gasteiger partial charge is 0.326 e. The predicted molar refractivity (Wildman–Crippen MR) is 66.2 cm³/mol. The highest BCUT2D eigenvalue weighted by molar-refractivity contribution is 7.15. The molecule has 1 aromatic heterocycles. The van der Waals surface area contributed by atoms with E-state index in [1.807, 2.05) is 13.1 Å². The van der Waals surface area contributed by atoms with Crippen LogP contribution in [0.2, 0.25) is 0 Å². The summed E-state index contributed by atoms with van der Waals surface area (Å²) in [5.41, 5.74) is 0. The number of anilines is 1. The molecule has 0 aliphatic rings. The molecule has 0 fully saturated rings. The van der Waals surface area contributed by atoms with Crippen LogP contribution >= 0.6 is 11.3 Å². The summed E-state index contributed by atoms with van der Waals surface area (Å²) in [6.45, 7) is 6.16. The van der Waals surface area contributed by atoms with Crippen LogP contribution in [0.1, 0.15) is 44.4 Å². The van der Waals surface area contributed by atoms with Crippen molar-refractivity contribution in [2.24, 2.45) is 0 Å². The van der Waals surface area contributed by atoms with Crippen LogP contribution in [0.4, 0.5) is 5.13 Å². The van der Waals surface area contributed by atoms with E-state index in [1.54, 1.807) is 0 Å². The zero-order chi connectivity index (χ0) is 12.1. The molecule has 1 atom stereocenters. The van der Waals surface area contributed by atoms with Crippen molar-refractivity contribution >= 4 is 22.4 Å². The Morgan fingerprint density at radius 3 is 2.75 bits per heavy atom. The monoisotopic (exact) mass is 242 g/mol. The topological polar surface area (TPSA) is 62.2 Å². The highest BCUT2D eigenvalue weighted by Crippen LogP contribution is 2.25. The largest absolute Gasteiger partial charge is 0.480 e. The van der Waals surface area contributed by atoms with Crippen LogP contribution < -0.4 is 5.32 Å². The summed E-state index contributed by atoms with van der Waals surface area (Å²) in [5.74, 6) is -0.384. The summed E-state index contributed by atoms with van der Waals surface area (Å²) < 4.78 is 0. The molecule has 0 spiro atoms. The summed E-state index contributed by atoms with van der Waals surface area (Å²) in [7, 11) is 0. The second kappa shape index (κ2) is 5.84. The molecule has 1 unspecified atom stereocenters. The number of rotatable bonds is 6. The molecule has 0 aromatic carbocycles. The van der Waals surface area contributed by atoms with E-state index in [0.717, 1.165) is 6.42 Å². The molecule has 0 radical (unpaired) electrons. The average molecular weight is 242 g/mol. The van der Waals surface area contributed by atoms with Gasteiger partial charge < -0.3 is 10.4 Å². The van der Waals surface area contributed by atoms with E-state index in [0.29, 0.717) is 17.5 Å². The third-order valence-electron chi connectivity index (χ3n) is 2.27. The first-order valence-corrected chi connectivity index (χ1v) is 6.31. The van der Waals surface area contributed by atoms with Crippen molar-refractivity contribution in [3.63, 3.8) is 0 Å².